The molecule has 1 N–H and O–H groups in total. The predicted molar refractivity (Wildman–Crippen MR) is 120 cm³/mol. The number of aromatic nitrogens is 3. The lowest BCUT2D eigenvalue weighted by atomic mass is 9.97. The maximum Gasteiger partial charge on any atom is 0.225 e. The standard InChI is InChI=1S/C23H21N5O2S/c1-12-3-5-16-14(7-12)9-17(27-16)19-10-24-23(31-19)13(2)8-18(29)21-15-4-6-20(30)28-22(15)26-11-25-21/h3,5,7,10-11,13H,4,6,8-9H2,1-2H3,(H,25,26,28,30)/t13-/m0/s1. The summed E-state index contributed by atoms with van der Waals surface area (Å²) in [5, 5.41) is 3.63. The molecule has 0 spiro atoms. The zero-order chi connectivity index (χ0) is 21.5. The van der Waals surface area contributed by atoms with E-state index in [1.165, 1.54) is 17.5 Å². The molecule has 0 saturated carbocycles. The largest absolute Gasteiger partial charge is 0.310 e. The molecule has 3 aromatic rings. The Labute approximate surface area is 183 Å². The van der Waals surface area contributed by atoms with Gasteiger partial charge in [0.05, 0.1) is 21.3 Å². The lowest BCUT2D eigenvalue weighted by Gasteiger charge is -2.17. The summed E-state index contributed by atoms with van der Waals surface area (Å²) in [5.41, 5.74) is 5.67. The van der Waals surface area contributed by atoms with E-state index in [4.69, 9.17) is 4.99 Å². The fraction of sp³-hybridized carbons (Fsp3) is 0.304. The predicted octanol–water partition coefficient (Wildman–Crippen LogP) is 4.18. The summed E-state index contributed by atoms with van der Waals surface area (Å²) in [5.74, 6) is 0.273. The summed E-state index contributed by atoms with van der Waals surface area (Å²) >= 11 is 1.60. The molecule has 5 rings (SSSR count). The lowest BCUT2D eigenvalue weighted by molar-refractivity contribution is -0.116. The summed E-state index contributed by atoms with van der Waals surface area (Å²) in [6.07, 6.45) is 5.14. The van der Waals surface area contributed by atoms with Crippen molar-refractivity contribution >= 4 is 40.2 Å². The third kappa shape index (κ3) is 3.79. The van der Waals surface area contributed by atoms with Gasteiger partial charge in [-0.3, -0.25) is 14.6 Å². The van der Waals surface area contributed by atoms with E-state index in [2.05, 4.69) is 45.4 Å². The lowest BCUT2D eigenvalue weighted by Crippen LogP contribution is -2.23. The van der Waals surface area contributed by atoms with Crippen LogP contribution in [-0.2, 0) is 17.6 Å². The van der Waals surface area contributed by atoms with Crippen LogP contribution in [0.25, 0.3) is 0 Å². The summed E-state index contributed by atoms with van der Waals surface area (Å²) in [4.78, 5) is 43.3. The number of aryl methyl sites for hydroxylation is 1. The Bertz CT molecular complexity index is 1250. The van der Waals surface area contributed by atoms with Gasteiger partial charge in [-0.1, -0.05) is 24.6 Å². The quantitative estimate of drug-likeness (QED) is 0.611. The van der Waals surface area contributed by atoms with Crippen LogP contribution in [0.4, 0.5) is 11.5 Å². The van der Waals surface area contributed by atoms with Gasteiger partial charge in [-0.15, -0.1) is 11.3 Å². The molecule has 1 aromatic carbocycles. The Hall–Kier alpha value is -3.26. The van der Waals surface area contributed by atoms with E-state index in [9.17, 15) is 9.59 Å². The fourth-order valence-corrected chi connectivity index (χ4v) is 4.97. The summed E-state index contributed by atoms with van der Waals surface area (Å²) in [7, 11) is 0. The molecule has 1 atom stereocenters. The van der Waals surface area contributed by atoms with Crippen molar-refractivity contribution in [3.05, 3.63) is 63.0 Å². The monoisotopic (exact) mass is 431 g/mol. The topological polar surface area (TPSA) is 97.2 Å². The number of anilines is 1. The normalized spacial score (nSPS) is 15.7. The van der Waals surface area contributed by atoms with Crippen molar-refractivity contribution in [2.45, 2.75) is 45.4 Å². The molecule has 2 aliphatic heterocycles. The molecular formula is C23H21N5O2S. The second-order valence-electron chi connectivity index (χ2n) is 8.06. The molecule has 0 saturated heterocycles. The first-order chi connectivity index (χ1) is 15.0. The number of rotatable bonds is 5. The molecule has 31 heavy (non-hydrogen) atoms. The van der Waals surface area contributed by atoms with Crippen molar-refractivity contribution in [3.63, 3.8) is 0 Å². The van der Waals surface area contributed by atoms with Crippen molar-refractivity contribution in [2.75, 3.05) is 5.32 Å². The van der Waals surface area contributed by atoms with E-state index in [0.717, 1.165) is 33.3 Å². The number of thiazole rings is 1. The Kier molecular flexibility index (Phi) is 4.94. The second-order valence-corrected chi connectivity index (χ2v) is 9.12. The van der Waals surface area contributed by atoms with Crippen LogP contribution in [-0.4, -0.2) is 32.4 Å². The average Bonchev–Trinajstić information content (AvgIpc) is 3.39. The highest BCUT2D eigenvalue weighted by molar-refractivity contribution is 7.13. The van der Waals surface area contributed by atoms with E-state index in [0.29, 0.717) is 30.8 Å². The van der Waals surface area contributed by atoms with Gasteiger partial charge in [0.2, 0.25) is 5.91 Å². The number of carbonyl (C=O) groups is 2. The van der Waals surface area contributed by atoms with Crippen molar-refractivity contribution < 1.29 is 9.59 Å². The van der Waals surface area contributed by atoms with Gasteiger partial charge in [-0.25, -0.2) is 15.0 Å². The Morgan fingerprint density at radius 3 is 2.97 bits per heavy atom. The SMILES string of the molecule is Cc1ccc2c(c1)CC(c1cnc([C@@H](C)CC(=O)c3ncnc4c3CCC(=O)N4)s1)=N2. The van der Waals surface area contributed by atoms with Crippen LogP contribution in [0.2, 0.25) is 0 Å². The van der Waals surface area contributed by atoms with Crippen LogP contribution in [0, 0.1) is 6.92 Å². The summed E-state index contributed by atoms with van der Waals surface area (Å²) < 4.78 is 0. The molecule has 0 fully saturated rings. The fourth-order valence-electron chi connectivity index (χ4n) is 4.01. The molecule has 0 unspecified atom stereocenters. The molecule has 0 bridgehead atoms. The minimum absolute atomic E-state index is 0.0401. The Morgan fingerprint density at radius 1 is 1.23 bits per heavy atom. The van der Waals surface area contributed by atoms with Gasteiger partial charge in [-0.2, -0.15) is 0 Å². The number of hydrogen-bond acceptors (Lipinski definition) is 7. The summed E-state index contributed by atoms with van der Waals surface area (Å²) in [6, 6.07) is 6.32. The van der Waals surface area contributed by atoms with E-state index in [1.807, 2.05) is 13.1 Å². The minimum Gasteiger partial charge on any atom is -0.310 e. The van der Waals surface area contributed by atoms with Gasteiger partial charge in [0.1, 0.15) is 17.8 Å². The number of nitrogens with one attached hydrogen (secondary N) is 1. The van der Waals surface area contributed by atoms with Gasteiger partial charge in [0.15, 0.2) is 5.78 Å². The highest BCUT2D eigenvalue weighted by Crippen LogP contribution is 2.33. The molecule has 0 aliphatic carbocycles. The number of amides is 1. The molecule has 1 amide bonds. The van der Waals surface area contributed by atoms with Gasteiger partial charge in [-0.05, 0) is 25.0 Å². The zero-order valence-corrected chi connectivity index (χ0v) is 18.1. The van der Waals surface area contributed by atoms with E-state index < -0.39 is 0 Å². The van der Waals surface area contributed by atoms with Crippen LogP contribution in [0.15, 0.2) is 35.7 Å². The number of Topliss-reactive ketones (excluding diaryl/α,β-unsaturated/α-hetero) is 1. The van der Waals surface area contributed by atoms with Gasteiger partial charge in [0, 0.05) is 36.9 Å². The third-order valence-electron chi connectivity index (χ3n) is 5.64. The van der Waals surface area contributed by atoms with Crippen molar-refractivity contribution in [3.8, 4) is 0 Å². The maximum atomic E-state index is 13.0. The minimum atomic E-state index is -0.0829. The zero-order valence-electron chi connectivity index (χ0n) is 17.3. The smallest absolute Gasteiger partial charge is 0.225 e. The number of fused-ring (bicyclic) bond motifs is 2. The second kappa shape index (κ2) is 7.77. The molecule has 4 heterocycles. The van der Waals surface area contributed by atoms with E-state index >= 15 is 0 Å². The van der Waals surface area contributed by atoms with Crippen LogP contribution < -0.4 is 5.32 Å². The number of aliphatic imine (C=N–C) groups is 1. The molecular weight excluding hydrogens is 410 g/mol. The third-order valence-corrected chi connectivity index (χ3v) is 6.92. The van der Waals surface area contributed by atoms with Crippen molar-refractivity contribution in [1.82, 2.24) is 15.0 Å². The molecule has 156 valence electrons. The molecule has 2 aliphatic rings. The number of benzene rings is 1. The van der Waals surface area contributed by atoms with E-state index in [-0.39, 0.29) is 17.6 Å². The van der Waals surface area contributed by atoms with Crippen LogP contribution in [0.1, 0.15) is 62.7 Å². The van der Waals surface area contributed by atoms with Crippen molar-refractivity contribution in [2.24, 2.45) is 4.99 Å². The first kappa shape index (κ1) is 19.7. The first-order valence-electron chi connectivity index (χ1n) is 10.3. The molecule has 7 nitrogen and oxygen atoms in total. The number of hydrogen-bond donors (Lipinski definition) is 1. The van der Waals surface area contributed by atoms with Gasteiger partial charge in [0.25, 0.3) is 0 Å². The maximum absolute atomic E-state index is 13.0. The highest BCUT2D eigenvalue weighted by Gasteiger charge is 2.26. The van der Waals surface area contributed by atoms with Crippen LogP contribution in [0.5, 0.6) is 0 Å². The average molecular weight is 432 g/mol. The highest BCUT2D eigenvalue weighted by atomic mass is 32.1. The van der Waals surface area contributed by atoms with Gasteiger partial charge >= 0.3 is 0 Å². The number of nitrogens with zero attached hydrogens (tertiary/aromatic N) is 4. The van der Waals surface area contributed by atoms with Crippen LogP contribution in [0.3, 0.4) is 0 Å². The van der Waals surface area contributed by atoms with Gasteiger partial charge < -0.3 is 5.32 Å². The molecule has 8 heteroatoms. The van der Waals surface area contributed by atoms with Crippen LogP contribution >= 0.6 is 11.3 Å². The first-order valence-corrected chi connectivity index (χ1v) is 11.1. The number of ketones is 1. The Balaban J connectivity index is 1.31. The number of carbonyl (C=O) groups excluding carboxylic acids is 2. The molecule has 2 aromatic heterocycles. The summed E-state index contributed by atoms with van der Waals surface area (Å²) in [6.45, 7) is 4.09. The van der Waals surface area contributed by atoms with E-state index in [1.54, 1.807) is 11.3 Å². The Morgan fingerprint density at radius 2 is 2.10 bits per heavy atom. The molecule has 0 radical (unpaired) electrons. The van der Waals surface area contributed by atoms with Crippen molar-refractivity contribution in [1.29, 1.82) is 0 Å².